The van der Waals surface area contributed by atoms with Gasteiger partial charge in [0.05, 0.1) is 0 Å². The molecule has 0 aliphatic heterocycles. The van der Waals surface area contributed by atoms with E-state index in [1.54, 1.807) is 0 Å². The molecule has 1 heterocycles. The van der Waals surface area contributed by atoms with Crippen molar-refractivity contribution >= 4 is 5.82 Å². The lowest BCUT2D eigenvalue weighted by atomic mass is 10.2. The van der Waals surface area contributed by atoms with Crippen molar-refractivity contribution in [3.8, 4) is 0 Å². The highest BCUT2D eigenvalue weighted by Gasteiger charge is 2.03. The Labute approximate surface area is 111 Å². The van der Waals surface area contributed by atoms with Gasteiger partial charge in [-0.1, -0.05) is 26.0 Å². The van der Waals surface area contributed by atoms with Gasteiger partial charge < -0.3 is 10.2 Å². The molecule has 0 radical (unpaired) electrons. The van der Waals surface area contributed by atoms with Crippen LogP contribution in [0.1, 0.15) is 26.3 Å². The second-order valence-corrected chi connectivity index (χ2v) is 4.88. The molecule has 0 aliphatic carbocycles. The van der Waals surface area contributed by atoms with Crippen LogP contribution >= 0.6 is 0 Å². The Morgan fingerprint density at radius 1 is 1.44 bits per heavy atom. The minimum atomic E-state index is 0.681. The molecule has 1 aromatic rings. The van der Waals surface area contributed by atoms with Crippen molar-refractivity contribution < 1.29 is 0 Å². The van der Waals surface area contributed by atoms with Crippen molar-refractivity contribution in [3.05, 3.63) is 36.5 Å². The molecule has 0 atom stereocenters. The summed E-state index contributed by atoms with van der Waals surface area (Å²) in [5, 5.41) is 3.42. The molecule has 1 rings (SSSR count). The molecule has 1 N–H and O–H groups in total. The number of nitrogens with one attached hydrogen (secondary N) is 1. The van der Waals surface area contributed by atoms with Crippen molar-refractivity contribution in [1.82, 2.24) is 10.3 Å². The smallest absolute Gasteiger partial charge is 0.128 e. The molecule has 100 valence electrons. The molecule has 0 saturated carbocycles. The summed E-state index contributed by atoms with van der Waals surface area (Å²) in [5.74, 6) is 1.70. The monoisotopic (exact) mass is 247 g/mol. The third-order valence-electron chi connectivity index (χ3n) is 2.75. The van der Waals surface area contributed by atoms with E-state index in [2.05, 4.69) is 54.7 Å². The maximum Gasteiger partial charge on any atom is 0.128 e. The van der Waals surface area contributed by atoms with E-state index in [0.717, 1.165) is 32.0 Å². The fraction of sp³-hybridized carbons (Fsp3) is 0.533. The lowest BCUT2D eigenvalue weighted by molar-refractivity contribution is 0.552. The maximum atomic E-state index is 4.50. The minimum absolute atomic E-state index is 0.681. The number of anilines is 1. The molecule has 0 fully saturated rings. The third-order valence-corrected chi connectivity index (χ3v) is 2.75. The topological polar surface area (TPSA) is 28.2 Å². The summed E-state index contributed by atoms with van der Waals surface area (Å²) in [7, 11) is 0. The van der Waals surface area contributed by atoms with E-state index in [0.29, 0.717) is 5.92 Å². The van der Waals surface area contributed by atoms with Gasteiger partial charge in [-0.3, -0.25) is 0 Å². The highest BCUT2D eigenvalue weighted by Crippen LogP contribution is 2.11. The van der Waals surface area contributed by atoms with E-state index < -0.39 is 0 Å². The van der Waals surface area contributed by atoms with Crippen LogP contribution in [-0.2, 0) is 6.54 Å². The molecule has 0 aromatic carbocycles. The van der Waals surface area contributed by atoms with Crippen LogP contribution in [0.3, 0.4) is 0 Å². The second-order valence-electron chi connectivity index (χ2n) is 4.88. The average molecular weight is 247 g/mol. The van der Waals surface area contributed by atoms with Crippen LogP contribution in [0.4, 0.5) is 5.82 Å². The summed E-state index contributed by atoms with van der Waals surface area (Å²) in [5.41, 5.74) is 1.23. The van der Waals surface area contributed by atoms with Crippen molar-refractivity contribution in [2.24, 2.45) is 5.92 Å². The van der Waals surface area contributed by atoms with E-state index in [1.807, 2.05) is 12.3 Å². The first-order valence-corrected chi connectivity index (χ1v) is 6.68. The van der Waals surface area contributed by atoms with Crippen LogP contribution in [0, 0.1) is 5.92 Å². The summed E-state index contributed by atoms with van der Waals surface area (Å²) in [6.45, 7) is 14.0. The van der Waals surface area contributed by atoms with Gasteiger partial charge in [0, 0.05) is 25.8 Å². The zero-order valence-corrected chi connectivity index (χ0v) is 11.8. The van der Waals surface area contributed by atoms with Gasteiger partial charge in [0.1, 0.15) is 5.82 Å². The second kappa shape index (κ2) is 7.88. The fourth-order valence-corrected chi connectivity index (χ4v) is 1.75. The summed E-state index contributed by atoms with van der Waals surface area (Å²) >= 11 is 0. The van der Waals surface area contributed by atoms with Crippen LogP contribution in [0.5, 0.6) is 0 Å². The SMILES string of the molecule is C=CCN(CC)c1ccc(CNCC(C)C)cn1. The van der Waals surface area contributed by atoms with Crippen LogP contribution in [-0.4, -0.2) is 24.6 Å². The van der Waals surface area contributed by atoms with Gasteiger partial charge in [0.2, 0.25) is 0 Å². The largest absolute Gasteiger partial charge is 0.353 e. The molecule has 0 unspecified atom stereocenters. The number of nitrogens with zero attached hydrogens (tertiary/aromatic N) is 2. The van der Waals surface area contributed by atoms with E-state index >= 15 is 0 Å². The number of pyridine rings is 1. The Hall–Kier alpha value is -1.35. The summed E-state index contributed by atoms with van der Waals surface area (Å²) < 4.78 is 0. The minimum Gasteiger partial charge on any atom is -0.353 e. The standard InChI is InChI=1S/C15H25N3/c1-5-9-18(6-2)15-8-7-14(12-17-15)11-16-10-13(3)4/h5,7-8,12-13,16H,1,6,9-11H2,2-4H3. The predicted octanol–water partition coefficient (Wildman–Crippen LogP) is 2.84. The summed E-state index contributed by atoms with van der Waals surface area (Å²) in [6.07, 6.45) is 3.86. The highest BCUT2D eigenvalue weighted by atomic mass is 15.2. The summed E-state index contributed by atoms with van der Waals surface area (Å²) in [6, 6.07) is 4.22. The Balaban J connectivity index is 2.53. The average Bonchev–Trinajstić information content (AvgIpc) is 2.36. The van der Waals surface area contributed by atoms with E-state index in [1.165, 1.54) is 5.56 Å². The number of rotatable bonds is 8. The van der Waals surface area contributed by atoms with Gasteiger partial charge in [-0.2, -0.15) is 0 Å². The van der Waals surface area contributed by atoms with Crippen molar-refractivity contribution in [3.63, 3.8) is 0 Å². The normalized spacial score (nSPS) is 10.7. The van der Waals surface area contributed by atoms with Crippen LogP contribution < -0.4 is 10.2 Å². The Bertz CT molecular complexity index is 343. The van der Waals surface area contributed by atoms with E-state index in [-0.39, 0.29) is 0 Å². The molecule has 1 aromatic heterocycles. The van der Waals surface area contributed by atoms with Gasteiger partial charge in [0.15, 0.2) is 0 Å². The third kappa shape index (κ3) is 4.88. The highest BCUT2D eigenvalue weighted by molar-refractivity contribution is 5.39. The molecular weight excluding hydrogens is 222 g/mol. The van der Waals surface area contributed by atoms with Crippen molar-refractivity contribution in [1.29, 1.82) is 0 Å². The molecular formula is C15H25N3. The van der Waals surface area contributed by atoms with Gasteiger partial charge in [-0.15, -0.1) is 6.58 Å². The molecule has 0 spiro atoms. The van der Waals surface area contributed by atoms with Gasteiger partial charge in [-0.05, 0) is 31.0 Å². The fourth-order valence-electron chi connectivity index (χ4n) is 1.75. The Morgan fingerprint density at radius 3 is 2.72 bits per heavy atom. The zero-order chi connectivity index (χ0) is 13.4. The number of hydrogen-bond donors (Lipinski definition) is 1. The van der Waals surface area contributed by atoms with E-state index in [9.17, 15) is 0 Å². The van der Waals surface area contributed by atoms with Gasteiger partial charge in [0.25, 0.3) is 0 Å². The van der Waals surface area contributed by atoms with Gasteiger partial charge >= 0.3 is 0 Å². The predicted molar refractivity (Wildman–Crippen MR) is 78.9 cm³/mol. The number of likely N-dealkylation sites (N-methyl/N-ethyl adjacent to an activating group) is 1. The molecule has 0 amide bonds. The van der Waals surface area contributed by atoms with Crippen molar-refractivity contribution in [2.75, 3.05) is 24.5 Å². The first kappa shape index (κ1) is 14.7. The lowest BCUT2D eigenvalue weighted by Gasteiger charge is -2.20. The van der Waals surface area contributed by atoms with Gasteiger partial charge in [-0.25, -0.2) is 4.98 Å². The van der Waals surface area contributed by atoms with Crippen LogP contribution in [0.2, 0.25) is 0 Å². The molecule has 0 saturated heterocycles. The molecule has 3 heteroatoms. The molecule has 0 bridgehead atoms. The van der Waals surface area contributed by atoms with Crippen LogP contribution in [0.25, 0.3) is 0 Å². The maximum absolute atomic E-state index is 4.50. The number of aromatic nitrogens is 1. The Morgan fingerprint density at radius 2 is 2.22 bits per heavy atom. The molecule has 18 heavy (non-hydrogen) atoms. The first-order valence-electron chi connectivity index (χ1n) is 6.68. The van der Waals surface area contributed by atoms with E-state index in [4.69, 9.17) is 0 Å². The number of hydrogen-bond acceptors (Lipinski definition) is 3. The molecule has 3 nitrogen and oxygen atoms in total. The lowest BCUT2D eigenvalue weighted by Crippen LogP contribution is -2.23. The van der Waals surface area contributed by atoms with Crippen LogP contribution in [0.15, 0.2) is 31.0 Å². The zero-order valence-electron chi connectivity index (χ0n) is 11.8. The quantitative estimate of drug-likeness (QED) is 0.716. The first-order chi connectivity index (χ1) is 8.67. The molecule has 0 aliphatic rings. The summed E-state index contributed by atoms with van der Waals surface area (Å²) in [4.78, 5) is 6.70. The van der Waals surface area contributed by atoms with Crippen molar-refractivity contribution in [2.45, 2.75) is 27.3 Å². The Kier molecular flexibility index (Phi) is 6.44.